The molecule has 0 spiro atoms. The standard InChI is InChI=1S/C19H26N2O6/c1-12(20-18(23)27-19(2,3)4)16(13-6-5-7-13)26-17(22)14-8-10-15(11-9-14)21(24)25/h8-13,16H,5-7H2,1-4H3,(H,20,23). The van der Waals surface area contributed by atoms with Gasteiger partial charge in [-0.2, -0.15) is 0 Å². The highest BCUT2D eigenvalue weighted by molar-refractivity contribution is 5.89. The first kappa shape index (κ1) is 20.7. The topological polar surface area (TPSA) is 108 Å². The third kappa shape index (κ3) is 5.94. The summed E-state index contributed by atoms with van der Waals surface area (Å²) in [5, 5.41) is 13.5. The van der Waals surface area contributed by atoms with E-state index < -0.39 is 34.7 Å². The van der Waals surface area contributed by atoms with Gasteiger partial charge in [0, 0.05) is 12.1 Å². The van der Waals surface area contributed by atoms with Gasteiger partial charge in [0.25, 0.3) is 5.69 Å². The molecule has 1 aromatic carbocycles. The minimum Gasteiger partial charge on any atom is -0.456 e. The Morgan fingerprint density at radius 3 is 2.26 bits per heavy atom. The van der Waals surface area contributed by atoms with Crippen molar-refractivity contribution >= 4 is 17.7 Å². The van der Waals surface area contributed by atoms with Crippen LogP contribution in [0.15, 0.2) is 24.3 Å². The second kappa shape index (κ2) is 8.37. The Morgan fingerprint density at radius 1 is 1.22 bits per heavy atom. The molecular weight excluding hydrogens is 352 g/mol. The molecule has 0 bridgehead atoms. The molecule has 2 unspecified atom stereocenters. The maximum Gasteiger partial charge on any atom is 0.407 e. The van der Waals surface area contributed by atoms with Gasteiger partial charge in [0.1, 0.15) is 11.7 Å². The van der Waals surface area contributed by atoms with E-state index in [9.17, 15) is 19.7 Å². The number of esters is 1. The first-order chi connectivity index (χ1) is 12.6. The lowest BCUT2D eigenvalue weighted by Crippen LogP contribution is -2.49. The molecule has 2 atom stereocenters. The zero-order valence-corrected chi connectivity index (χ0v) is 16.1. The Hall–Kier alpha value is -2.64. The van der Waals surface area contributed by atoms with E-state index in [0.717, 1.165) is 19.3 Å². The van der Waals surface area contributed by atoms with Crippen molar-refractivity contribution in [3.63, 3.8) is 0 Å². The largest absolute Gasteiger partial charge is 0.456 e. The number of hydrogen-bond donors (Lipinski definition) is 1. The molecule has 0 radical (unpaired) electrons. The number of hydrogen-bond acceptors (Lipinski definition) is 6. The van der Waals surface area contributed by atoms with Crippen LogP contribution < -0.4 is 5.32 Å². The summed E-state index contributed by atoms with van der Waals surface area (Å²) in [7, 11) is 0. The maximum absolute atomic E-state index is 12.5. The number of nitrogens with one attached hydrogen (secondary N) is 1. The average molecular weight is 378 g/mol. The molecule has 8 nitrogen and oxygen atoms in total. The zero-order chi connectivity index (χ0) is 20.2. The zero-order valence-electron chi connectivity index (χ0n) is 16.1. The fourth-order valence-electron chi connectivity index (χ4n) is 2.86. The van der Waals surface area contributed by atoms with Crippen molar-refractivity contribution in [2.45, 2.75) is 64.7 Å². The molecule has 1 aromatic rings. The summed E-state index contributed by atoms with van der Waals surface area (Å²) >= 11 is 0. The van der Waals surface area contributed by atoms with Gasteiger partial charge >= 0.3 is 12.1 Å². The highest BCUT2D eigenvalue weighted by Crippen LogP contribution is 2.33. The number of carbonyl (C=O) groups excluding carboxylic acids is 2. The number of alkyl carbamates (subject to hydrolysis) is 1. The van der Waals surface area contributed by atoms with Gasteiger partial charge in [0.05, 0.1) is 16.5 Å². The lowest BCUT2D eigenvalue weighted by molar-refractivity contribution is -0.384. The number of nitrogens with zero attached hydrogens (tertiary/aromatic N) is 1. The van der Waals surface area contributed by atoms with Crippen LogP contribution in [-0.2, 0) is 9.47 Å². The molecule has 0 aromatic heterocycles. The molecule has 148 valence electrons. The molecule has 0 aliphatic heterocycles. The molecular formula is C19H26N2O6. The van der Waals surface area contributed by atoms with E-state index in [1.54, 1.807) is 27.7 Å². The maximum atomic E-state index is 12.5. The van der Waals surface area contributed by atoms with Crippen LogP contribution in [0.1, 0.15) is 57.3 Å². The second-order valence-electron chi connectivity index (χ2n) is 7.80. The van der Waals surface area contributed by atoms with E-state index in [1.165, 1.54) is 24.3 Å². The summed E-state index contributed by atoms with van der Waals surface area (Å²) in [6, 6.07) is 4.83. The van der Waals surface area contributed by atoms with E-state index in [1.807, 2.05) is 0 Å². The number of nitro benzene ring substituents is 1. The van der Waals surface area contributed by atoms with Crippen molar-refractivity contribution in [3.05, 3.63) is 39.9 Å². The molecule has 1 fully saturated rings. The Labute approximate surface area is 158 Å². The summed E-state index contributed by atoms with van der Waals surface area (Å²) in [6.45, 7) is 7.09. The number of amides is 1. The summed E-state index contributed by atoms with van der Waals surface area (Å²) in [5.41, 5.74) is -0.484. The first-order valence-electron chi connectivity index (χ1n) is 9.02. The quantitative estimate of drug-likeness (QED) is 0.458. The predicted molar refractivity (Wildman–Crippen MR) is 98.5 cm³/mol. The van der Waals surface area contributed by atoms with E-state index in [-0.39, 0.29) is 17.2 Å². The number of non-ortho nitro benzene ring substituents is 1. The monoisotopic (exact) mass is 378 g/mol. The van der Waals surface area contributed by atoms with Crippen LogP contribution in [0.3, 0.4) is 0 Å². The fraction of sp³-hybridized carbons (Fsp3) is 0.579. The van der Waals surface area contributed by atoms with Gasteiger partial charge in [-0.1, -0.05) is 6.42 Å². The molecule has 8 heteroatoms. The molecule has 1 amide bonds. The number of ether oxygens (including phenoxy) is 2. The van der Waals surface area contributed by atoms with E-state index in [4.69, 9.17) is 9.47 Å². The van der Waals surface area contributed by atoms with Gasteiger partial charge in [0.15, 0.2) is 0 Å². The SMILES string of the molecule is CC(NC(=O)OC(C)(C)C)C(OC(=O)c1ccc([N+](=O)[O-])cc1)C1CCC1. The molecule has 1 aliphatic rings. The molecule has 1 saturated carbocycles. The summed E-state index contributed by atoms with van der Waals surface area (Å²) in [6.07, 6.45) is 1.83. The second-order valence-corrected chi connectivity index (χ2v) is 7.80. The minimum absolute atomic E-state index is 0.0953. The molecule has 0 saturated heterocycles. The normalized spacial score (nSPS) is 16.6. The van der Waals surface area contributed by atoms with Crippen LogP contribution in [0, 0.1) is 16.0 Å². The molecule has 2 rings (SSSR count). The van der Waals surface area contributed by atoms with Crippen molar-refractivity contribution in [1.29, 1.82) is 0 Å². The number of benzene rings is 1. The Balaban J connectivity index is 2.04. The average Bonchev–Trinajstić information content (AvgIpc) is 2.50. The summed E-state index contributed by atoms with van der Waals surface area (Å²) in [4.78, 5) is 34.7. The van der Waals surface area contributed by atoms with Crippen LogP contribution in [0.4, 0.5) is 10.5 Å². The first-order valence-corrected chi connectivity index (χ1v) is 9.02. The van der Waals surface area contributed by atoms with E-state index in [0.29, 0.717) is 0 Å². The molecule has 1 N–H and O–H groups in total. The number of nitro groups is 1. The Bertz CT molecular complexity index is 691. The molecule has 0 heterocycles. The van der Waals surface area contributed by atoms with Crippen molar-refractivity contribution in [2.75, 3.05) is 0 Å². The van der Waals surface area contributed by atoms with E-state index in [2.05, 4.69) is 5.32 Å². The van der Waals surface area contributed by atoms with Crippen molar-refractivity contribution in [3.8, 4) is 0 Å². The van der Waals surface area contributed by atoms with Crippen molar-refractivity contribution < 1.29 is 24.0 Å². The minimum atomic E-state index is -0.620. The van der Waals surface area contributed by atoms with Crippen LogP contribution >= 0.6 is 0 Å². The predicted octanol–water partition coefficient (Wildman–Crippen LogP) is 3.83. The van der Waals surface area contributed by atoms with Gasteiger partial charge in [-0.15, -0.1) is 0 Å². The third-order valence-electron chi connectivity index (χ3n) is 4.41. The summed E-state index contributed by atoms with van der Waals surface area (Å²) < 4.78 is 10.9. The fourth-order valence-corrected chi connectivity index (χ4v) is 2.86. The van der Waals surface area contributed by atoms with E-state index >= 15 is 0 Å². The van der Waals surface area contributed by atoms with Crippen LogP contribution in [0.2, 0.25) is 0 Å². The van der Waals surface area contributed by atoms with Crippen LogP contribution in [-0.4, -0.2) is 34.7 Å². The summed E-state index contributed by atoms with van der Waals surface area (Å²) in [5.74, 6) is -0.406. The Kier molecular flexibility index (Phi) is 6.41. The lowest BCUT2D eigenvalue weighted by atomic mass is 9.79. The van der Waals surface area contributed by atoms with Gasteiger partial charge < -0.3 is 14.8 Å². The molecule has 27 heavy (non-hydrogen) atoms. The number of rotatable bonds is 6. The Morgan fingerprint density at radius 2 is 1.81 bits per heavy atom. The van der Waals surface area contributed by atoms with Crippen molar-refractivity contribution in [2.24, 2.45) is 5.92 Å². The smallest absolute Gasteiger partial charge is 0.407 e. The van der Waals surface area contributed by atoms with Gasteiger partial charge in [0.2, 0.25) is 0 Å². The van der Waals surface area contributed by atoms with Crippen LogP contribution in [0.25, 0.3) is 0 Å². The van der Waals surface area contributed by atoms with Crippen LogP contribution in [0.5, 0.6) is 0 Å². The van der Waals surface area contributed by atoms with Gasteiger partial charge in [-0.05, 0) is 58.6 Å². The number of carbonyl (C=O) groups is 2. The highest BCUT2D eigenvalue weighted by Gasteiger charge is 2.36. The lowest BCUT2D eigenvalue weighted by Gasteiger charge is -2.37. The highest BCUT2D eigenvalue weighted by atomic mass is 16.6. The third-order valence-corrected chi connectivity index (χ3v) is 4.41. The van der Waals surface area contributed by atoms with Gasteiger partial charge in [-0.3, -0.25) is 10.1 Å². The van der Waals surface area contributed by atoms with Gasteiger partial charge in [-0.25, -0.2) is 9.59 Å². The molecule has 1 aliphatic carbocycles. The van der Waals surface area contributed by atoms with Crippen molar-refractivity contribution in [1.82, 2.24) is 5.32 Å².